The molecule has 0 bridgehead atoms. The summed E-state index contributed by atoms with van der Waals surface area (Å²) in [4.78, 5) is 33.9. The first-order valence-corrected chi connectivity index (χ1v) is 12.1. The number of halogens is 1. The van der Waals surface area contributed by atoms with E-state index >= 15 is 0 Å². The smallest absolute Gasteiger partial charge is 0.507 e. The van der Waals surface area contributed by atoms with E-state index in [1.54, 1.807) is 26.0 Å². The van der Waals surface area contributed by atoms with E-state index in [0.717, 1.165) is 11.5 Å². The topological polar surface area (TPSA) is 141 Å². The lowest BCUT2D eigenvalue weighted by molar-refractivity contribution is 0.0632. The van der Waals surface area contributed by atoms with E-state index in [2.05, 4.69) is 0 Å². The molecule has 12 heteroatoms. The van der Waals surface area contributed by atoms with Crippen LogP contribution in [-0.4, -0.2) is 59.0 Å². The minimum Gasteiger partial charge on any atom is -0.507 e. The Hall–Kier alpha value is -2.33. The summed E-state index contributed by atoms with van der Waals surface area (Å²) in [5.74, 6) is -1.47. The number of aromatic hydroxyl groups is 1. The Bertz CT molecular complexity index is 1320. The van der Waals surface area contributed by atoms with Crippen LogP contribution < -0.4 is 15.4 Å². The zero-order valence-corrected chi connectivity index (χ0v) is 19.5. The number of β-amino-alcohol motifs (C(OH)–C–C–N with tert-alkyl or cyclic N) is 1. The fourth-order valence-corrected chi connectivity index (χ4v) is 5.08. The summed E-state index contributed by atoms with van der Waals surface area (Å²) in [6.45, 7) is 0.864. The Morgan fingerprint density at radius 3 is 2.67 bits per heavy atom. The van der Waals surface area contributed by atoms with Crippen LogP contribution in [0.25, 0.3) is 22.3 Å². The highest BCUT2D eigenvalue weighted by Gasteiger charge is 2.35. The van der Waals surface area contributed by atoms with E-state index in [1.807, 2.05) is 11.9 Å². The van der Waals surface area contributed by atoms with E-state index in [9.17, 15) is 29.4 Å². The molecule has 2 unspecified atom stereocenters. The molecule has 0 amide bonds. The van der Waals surface area contributed by atoms with Crippen LogP contribution in [0.15, 0.2) is 39.5 Å². The Labute approximate surface area is 194 Å². The number of fused-ring (bicyclic) bond motifs is 1. The molecule has 33 heavy (non-hydrogen) atoms. The second-order valence-corrected chi connectivity index (χ2v) is 9.80. The van der Waals surface area contributed by atoms with Gasteiger partial charge in [0.25, 0.3) is 0 Å². The van der Waals surface area contributed by atoms with Gasteiger partial charge in [-0.1, -0.05) is 29.2 Å². The second-order valence-electron chi connectivity index (χ2n) is 8.22. The van der Waals surface area contributed by atoms with Gasteiger partial charge in [-0.25, -0.2) is 4.57 Å². The lowest BCUT2D eigenvalue weighted by Crippen LogP contribution is -2.40. The van der Waals surface area contributed by atoms with Crippen LogP contribution in [0.1, 0.15) is 17.9 Å². The minimum atomic E-state index is -5.04. The number of hydrogen-bond acceptors (Lipinski definition) is 7. The number of rotatable bonds is 4. The highest BCUT2D eigenvalue weighted by Crippen LogP contribution is 2.48. The highest BCUT2D eigenvalue weighted by molar-refractivity contribution is 7.46. The third-order valence-corrected chi connectivity index (χ3v) is 6.57. The van der Waals surface area contributed by atoms with Crippen LogP contribution in [0.4, 0.5) is 0 Å². The third-order valence-electron chi connectivity index (χ3n) is 5.82. The quantitative estimate of drug-likeness (QED) is 0.313. The molecule has 1 aliphatic heterocycles. The van der Waals surface area contributed by atoms with Gasteiger partial charge in [-0.05, 0) is 26.1 Å². The standard InChI is InChI=1S/C21H22BClNO8P/c1-24-6-5-10(15(27)9-24)18-17(32-33(28,29)30)8-14(26)20-13(25)7-16(31-21(18)20)19-11(22)3-2-4-12(19)23/h2-4,7-8,10,15,26-27H,5-6,9,22H2,1H3,(H2,28,29,30). The van der Waals surface area contributed by atoms with Gasteiger partial charge >= 0.3 is 7.82 Å². The van der Waals surface area contributed by atoms with Gasteiger partial charge in [0.2, 0.25) is 0 Å². The molecule has 2 heterocycles. The largest absolute Gasteiger partial charge is 0.524 e. The molecule has 2 atom stereocenters. The fourth-order valence-electron chi connectivity index (χ4n) is 4.36. The van der Waals surface area contributed by atoms with E-state index in [-0.39, 0.29) is 34.6 Å². The maximum Gasteiger partial charge on any atom is 0.524 e. The molecule has 3 aromatic rings. The number of likely N-dealkylation sites (tertiary alicyclic amines) is 1. The minimum absolute atomic E-state index is 0.107. The number of phosphoric ester groups is 1. The average Bonchev–Trinajstić information content (AvgIpc) is 2.67. The van der Waals surface area contributed by atoms with Gasteiger partial charge in [0.05, 0.1) is 11.1 Å². The number of likely N-dealkylation sites (N-methyl/N-ethyl adjacent to an activating group) is 1. The molecule has 4 rings (SSSR count). The maximum atomic E-state index is 13.1. The van der Waals surface area contributed by atoms with Gasteiger partial charge in [-0.15, -0.1) is 0 Å². The molecule has 2 aromatic carbocycles. The first-order valence-electron chi connectivity index (χ1n) is 10.2. The van der Waals surface area contributed by atoms with Crippen LogP contribution in [-0.2, 0) is 4.57 Å². The predicted molar refractivity (Wildman–Crippen MR) is 126 cm³/mol. The van der Waals surface area contributed by atoms with Gasteiger partial charge in [0.15, 0.2) is 5.43 Å². The highest BCUT2D eigenvalue weighted by atomic mass is 35.5. The number of aliphatic hydroxyl groups excluding tert-OH is 1. The number of piperidine rings is 1. The van der Waals surface area contributed by atoms with Gasteiger partial charge in [0.1, 0.15) is 36.1 Å². The van der Waals surface area contributed by atoms with E-state index in [4.69, 9.17) is 20.5 Å². The lowest BCUT2D eigenvalue weighted by atomic mass is 9.85. The summed E-state index contributed by atoms with van der Waals surface area (Å²) in [5, 5.41) is 21.5. The number of benzene rings is 2. The van der Waals surface area contributed by atoms with Crippen molar-refractivity contribution < 1.29 is 33.5 Å². The number of aliphatic hydroxyl groups is 1. The zero-order valence-electron chi connectivity index (χ0n) is 17.9. The van der Waals surface area contributed by atoms with Crippen LogP contribution in [0.3, 0.4) is 0 Å². The summed E-state index contributed by atoms with van der Waals surface area (Å²) in [5.41, 5.74) is 0.616. The fraction of sp³-hybridized carbons (Fsp3) is 0.286. The summed E-state index contributed by atoms with van der Waals surface area (Å²) >= 11 is 6.36. The maximum absolute atomic E-state index is 13.1. The molecule has 174 valence electrons. The number of phenols is 1. The summed E-state index contributed by atoms with van der Waals surface area (Å²) in [7, 11) is -1.41. The molecule has 4 N–H and O–H groups in total. The zero-order chi connectivity index (χ0) is 24.1. The van der Waals surface area contributed by atoms with Crippen LogP contribution in [0.2, 0.25) is 5.02 Å². The first kappa shape index (κ1) is 23.8. The van der Waals surface area contributed by atoms with Crippen molar-refractivity contribution in [1.82, 2.24) is 4.90 Å². The molecule has 0 radical (unpaired) electrons. The van der Waals surface area contributed by atoms with Crippen molar-refractivity contribution >= 4 is 43.7 Å². The normalized spacial score (nSPS) is 19.7. The van der Waals surface area contributed by atoms with E-state index in [0.29, 0.717) is 23.6 Å². The summed E-state index contributed by atoms with van der Waals surface area (Å²) < 4.78 is 22.6. The van der Waals surface area contributed by atoms with Crippen LogP contribution in [0.5, 0.6) is 11.5 Å². The SMILES string of the molecule is Bc1cccc(Cl)c1-c1cc(=O)c2c(O)cc(OP(=O)(O)O)c(C3CCN(C)CC3O)c2o1. The molecule has 0 saturated carbocycles. The average molecular weight is 494 g/mol. The first-order chi connectivity index (χ1) is 15.5. The third kappa shape index (κ3) is 4.68. The van der Waals surface area contributed by atoms with Gasteiger partial charge in [-0.2, -0.15) is 0 Å². The summed E-state index contributed by atoms with van der Waals surface area (Å²) in [6, 6.07) is 7.35. The van der Waals surface area contributed by atoms with Crippen molar-refractivity contribution in [3.63, 3.8) is 0 Å². The van der Waals surface area contributed by atoms with Crippen molar-refractivity contribution in [2.24, 2.45) is 0 Å². The molecule has 1 saturated heterocycles. The summed E-state index contributed by atoms with van der Waals surface area (Å²) in [6.07, 6.45) is -0.541. The van der Waals surface area contributed by atoms with Crippen molar-refractivity contribution in [3.8, 4) is 22.8 Å². The van der Waals surface area contributed by atoms with E-state index < -0.39 is 31.0 Å². The molecule has 1 fully saturated rings. The van der Waals surface area contributed by atoms with Crippen molar-refractivity contribution in [2.75, 3.05) is 20.1 Å². The second kappa shape index (κ2) is 8.79. The van der Waals surface area contributed by atoms with Crippen molar-refractivity contribution in [3.05, 3.63) is 51.1 Å². The molecular weight excluding hydrogens is 471 g/mol. The van der Waals surface area contributed by atoms with E-state index in [1.165, 1.54) is 6.07 Å². The Kier molecular flexibility index (Phi) is 6.35. The number of hydrogen-bond donors (Lipinski definition) is 4. The van der Waals surface area contributed by atoms with Crippen molar-refractivity contribution in [2.45, 2.75) is 18.4 Å². The van der Waals surface area contributed by atoms with Gasteiger partial charge in [-0.3, -0.25) is 14.6 Å². The molecule has 0 aliphatic carbocycles. The predicted octanol–water partition coefficient (Wildman–Crippen LogP) is 1.33. The molecular formula is C21H22BClNO8P. The lowest BCUT2D eigenvalue weighted by Gasteiger charge is -2.34. The molecule has 1 aliphatic rings. The Morgan fingerprint density at radius 1 is 1.30 bits per heavy atom. The van der Waals surface area contributed by atoms with Crippen LogP contribution >= 0.6 is 19.4 Å². The van der Waals surface area contributed by atoms with Crippen molar-refractivity contribution in [1.29, 1.82) is 0 Å². The molecule has 0 spiro atoms. The number of phosphoric acid groups is 1. The van der Waals surface area contributed by atoms with Gasteiger partial charge in [0, 0.05) is 35.7 Å². The van der Waals surface area contributed by atoms with Crippen LogP contribution in [0, 0.1) is 0 Å². The van der Waals surface area contributed by atoms with Gasteiger partial charge < -0.3 is 24.1 Å². The Morgan fingerprint density at radius 2 is 2.03 bits per heavy atom. The molecule has 9 nitrogen and oxygen atoms in total. The monoisotopic (exact) mass is 493 g/mol. The Balaban J connectivity index is 2.07. The number of phenolic OH excluding ortho intramolecular Hbond substituents is 1. The molecule has 1 aromatic heterocycles. The number of nitrogens with zero attached hydrogens (tertiary/aromatic N) is 1.